The minimum absolute atomic E-state index is 0.131. The molecule has 4 nitrogen and oxygen atoms in total. The van der Waals surface area contributed by atoms with Crippen molar-refractivity contribution in [2.24, 2.45) is 0 Å². The van der Waals surface area contributed by atoms with Crippen LogP contribution in [0.15, 0.2) is 71.3 Å². The Bertz CT molecular complexity index is 721. The second-order valence-corrected chi connectivity index (χ2v) is 4.59. The maximum absolute atomic E-state index is 11.9. The van der Waals surface area contributed by atoms with E-state index in [0.29, 0.717) is 17.9 Å². The van der Waals surface area contributed by atoms with Crippen molar-refractivity contribution < 1.29 is 9.32 Å². The molecule has 0 bridgehead atoms. The third kappa shape index (κ3) is 3.17. The molecule has 1 N–H and O–H groups in total. The first-order valence-electron chi connectivity index (χ1n) is 6.67. The number of amides is 1. The van der Waals surface area contributed by atoms with E-state index in [1.165, 1.54) is 0 Å². The maximum Gasteiger partial charge on any atom is 0.251 e. The second kappa shape index (κ2) is 6.05. The maximum atomic E-state index is 11.9. The van der Waals surface area contributed by atoms with E-state index in [0.717, 1.165) is 11.3 Å². The Hall–Kier alpha value is -2.88. The molecule has 1 amide bonds. The summed E-state index contributed by atoms with van der Waals surface area (Å²) in [6.07, 6.45) is 0. The molecule has 0 aliphatic heterocycles. The van der Waals surface area contributed by atoms with Gasteiger partial charge in [0.05, 0.1) is 6.54 Å². The first-order chi connectivity index (χ1) is 10.3. The fraction of sp³-hybridized carbons (Fsp3) is 0.0588. The third-order valence-corrected chi connectivity index (χ3v) is 3.09. The molecular formula is C17H14N2O2. The molecule has 0 aliphatic carbocycles. The Kier molecular flexibility index (Phi) is 3.78. The van der Waals surface area contributed by atoms with Gasteiger partial charge < -0.3 is 9.84 Å². The molecule has 0 saturated carbocycles. The van der Waals surface area contributed by atoms with Crippen molar-refractivity contribution in [2.45, 2.75) is 6.54 Å². The van der Waals surface area contributed by atoms with Crippen LogP contribution in [0.4, 0.5) is 0 Å². The van der Waals surface area contributed by atoms with Gasteiger partial charge in [-0.2, -0.15) is 0 Å². The van der Waals surface area contributed by atoms with Crippen LogP contribution >= 0.6 is 0 Å². The third-order valence-electron chi connectivity index (χ3n) is 3.09. The van der Waals surface area contributed by atoms with E-state index >= 15 is 0 Å². The smallest absolute Gasteiger partial charge is 0.251 e. The molecule has 2 aromatic carbocycles. The quantitative estimate of drug-likeness (QED) is 0.797. The van der Waals surface area contributed by atoms with Gasteiger partial charge in [-0.05, 0) is 12.1 Å². The Morgan fingerprint density at radius 3 is 2.38 bits per heavy atom. The van der Waals surface area contributed by atoms with Gasteiger partial charge in [0.2, 0.25) is 0 Å². The zero-order chi connectivity index (χ0) is 14.5. The zero-order valence-corrected chi connectivity index (χ0v) is 11.3. The molecule has 0 aliphatic rings. The van der Waals surface area contributed by atoms with E-state index in [2.05, 4.69) is 10.5 Å². The fourth-order valence-electron chi connectivity index (χ4n) is 2.00. The lowest BCUT2D eigenvalue weighted by atomic mass is 10.1. The average molecular weight is 278 g/mol. The summed E-state index contributed by atoms with van der Waals surface area (Å²) >= 11 is 0. The highest BCUT2D eigenvalue weighted by atomic mass is 16.5. The van der Waals surface area contributed by atoms with Gasteiger partial charge in [0.15, 0.2) is 5.76 Å². The lowest BCUT2D eigenvalue weighted by Crippen LogP contribution is -2.22. The van der Waals surface area contributed by atoms with Crippen LogP contribution < -0.4 is 5.32 Å². The topological polar surface area (TPSA) is 55.1 Å². The van der Waals surface area contributed by atoms with Gasteiger partial charge in [0.25, 0.3) is 5.91 Å². The van der Waals surface area contributed by atoms with Crippen LogP contribution in [0.2, 0.25) is 0 Å². The van der Waals surface area contributed by atoms with Crippen LogP contribution in [0, 0.1) is 0 Å². The van der Waals surface area contributed by atoms with Crippen LogP contribution in [0.3, 0.4) is 0 Å². The predicted octanol–water partition coefficient (Wildman–Crippen LogP) is 3.27. The summed E-state index contributed by atoms with van der Waals surface area (Å²) in [6.45, 7) is 0.313. The first-order valence-corrected chi connectivity index (χ1v) is 6.67. The van der Waals surface area contributed by atoms with Crippen LogP contribution in [-0.4, -0.2) is 11.1 Å². The van der Waals surface area contributed by atoms with Crippen molar-refractivity contribution in [3.05, 3.63) is 78.1 Å². The summed E-state index contributed by atoms with van der Waals surface area (Å²) in [6, 6.07) is 20.7. The van der Waals surface area contributed by atoms with E-state index in [9.17, 15) is 4.79 Å². The Morgan fingerprint density at radius 2 is 1.67 bits per heavy atom. The van der Waals surface area contributed by atoms with Crippen molar-refractivity contribution in [3.8, 4) is 11.3 Å². The van der Waals surface area contributed by atoms with E-state index in [4.69, 9.17) is 4.52 Å². The van der Waals surface area contributed by atoms with Crippen molar-refractivity contribution in [1.82, 2.24) is 10.5 Å². The molecular weight excluding hydrogens is 264 g/mol. The lowest BCUT2D eigenvalue weighted by Gasteiger charge is -2.01. The Balaban J connectivity index is 1.64. The summed E-state index contributed by atoms with van der Waals surface area (Å²) < 4.78 is 5.24. The van der Waals surface area contributed by atoms with Crippen molar-refractivity contribution in [3.63, 3.8) is 0 Å². The summed E-state index contributed by atoms with van der Waals surface area (Å²) in [5.41, 5.74) is 2.38. The number of aromatic nitrogens is 1. The van der Waals surface area contributed by atoms with E-state index in [1.54, 1.807) is 12.1 Å². The number of nitrogens with one attached hydrogen (secondary N) is 1. The molecule has 0 fully saturated rings. The van der Waals surface area contributed by atoms with Crippen LogP contribution in [-0.2, 0) is 6.54 Å². The molecule has 0 atom stereocenters. The van der Waals surface area contributed by atoms with E-state index in [-0.39, 0.29) is 5.91 Å². The largest absolute Gasteiger partial charge is 0.359 e. The summed E-state index contributed by atoms with van der Waals surface area (Å²) in [7, 11) is 0. The number of hydrogen-bond donors (Lipinski definition) is 1. The lowest BCUT2D eigenvalue weighted by molar-refractivity contribution is 0.0947. The second-order valence-electron chi connectivity index (χ2n) is 4.59. The summed E-state index contributed by atoms with van der Waals surface area (Å²) in [4.78, 5) is 11.9. The Labute approximate surface area is 122 Å². The number of carbonyl (C=O) groups is 1. The van der Waals surface area contributed by atoms with E-state index < -0.39 is 0 Å². The van der Waals surface area contributed by atoms with Crippen LogP contribution in [0.5, 0.6) is 0 Å². The highest BCUT2D eigenvalue weighted by Crippen LogP contribution is 2.18. The molecule has 1 aromatic heterocycles. The molecule has 21 heavy (non-hydrogen) atoms. The number of hydrogen-bond acceptors (Lipinski definition) is 3. The number of nitrogens with zero attached hydrogens (tertiary/aromatic N) is 1. The van der Waals surface area contributed by atoms with Crippen molar-refractivity contribution >= 4 is 5.91 Å². The molecule has 3 rings (SSSR count). The molecule has 104 valence electrons. The molecule has 3 aromatic rings. The van der Waals surface area contributed by atoms with Gasteiger partial charge in [0.1, 0.15) is 5.69 Å². The molecule has 0 saturated heterocycles. The Morgan fingerprint density at radius 1 is 1.00 bits per heavy atom. The van der Waals surface area contributed by atoms with Gasteiger partial charge in [-0.15, -0.1) is 0 Å². The molecule has 1 heterocycles. The van der Waals surface area contributed by atoms with Crippen molar-refractivity contribution in [2.75, 3.05) is 0 Å². The minimum Gasteiger partial charge on any atom is -0.359 e. The van der Waals surface area contributed by atoms with E-state index in [1.807, 2.05) is 54.6 Å². The normalized spacial score (nSPS) is 10.3. The number of rotatable bonds is 4. The fourth-order valence-corrected chi connectivity index (χ4v) is 2.00. The first kappa shape index (κ1) is 13.1. The summed E-state index contributed by atoms with van der Waals surface area (Å²) in [5.74, 6) is 0.492. The standard InChI is InChI=1S/C17H14N2O2/c20-17(14-9-5-2-6-10-14)18-12-15-11-16(19-21-15)13-7-3-1-4-8-13/h1-11H,12H2,(H,18,20). The monoisotopic (exact) mass is 278 g/mol. The number of carbonyl (C=O) groups excluding carboxylic acids is 1. The van der Waals surface area contributed by atoms with Crippen LogP contribution in [0.25, 0.3) is 11.3 Å². The highest BCUT2D eigenvalue weighted by Gasteiger charge is 2.08. The highest BCUT2D eigenvalue weighted by molar-refractivity contribution is 5.94. The van der Waals surface area contributed by atoms with Gasteiger partial charge in [-0.3, -0.25) is 4.79 Å². The molecule has 4 heteroatoms. The molecule has 0 unspecified atom stereocenters. The zero-order valence-electron chi connectivity index (χ0n) is 11.3. The molecule has 0 spiro atoms. The number of benzene rings is 2. The minimum atomic E-state index is -0.131. The SMILES string of the molecule is O=C(NCc1cc(-c2ccccc2)no1)c1ccccc1. The summed E-state index contributed by atoms with van der Waals surface area (Å²) in [5, 5.41) is 6.82. The van der Waals surface area contributed by atoms with Crippen LogP contribution in [0.1, 0.15) is 16.1 Å². The van der Waals surface area contributed by atoms with Gasteiger partial charge >= 0.3 is 0 Å². The predicted molar refractivity (Wildman–Crippen MR) is 79.6 cm³/mol. The van der Waals surface area contributed by atoms with Gasteiger partial charge in [-0.1, -0.05) is 53.7 Å². The van der Waals surface area contributed by atoms with Crippen molar-refractivity contribution in [1.29, 1.82) is 0 Å². The van der Waals surface area contributed by atoms with Gasteiger partial charge in [-0.25, -0.2) is 0 Å². The van der Waals surface area contributed by atoms with Gasteiger partial charge in [0, 0.05) is 17.2 Å². The molecule has 0 radical (unpaired) electrons. The average Bonchev–Trinajstić information content (AvgIpc) is 3.03.